The van der Waals surface area contributed by atoms with Crippen molar-refractivity contribution in [2.75, 3.05) is 52.8 Å². The van der Waals surface area contributed by atoms with Gasteiger partial charge in [0.05, 0.1) is 31.0 Å². The number of methoxy groups -OCH3 is 2. The van der Waals surface area contributed by atoms with E-state index in [1.807, 2.05) is 7.05 Å². The van der Waals surface area contributed by atoms with Crippen LogP contribution in [0.3, 0.4) is 0 Å². The second kappa shape index (κ2) is 8.43. The maximum Gasteiger partial charge on any atom is 0.339 e. The maximum atomic E-state index is 12.3. The summed E-state index contributed by atoms with van der Waals surface area (Å²) >= 11 is 0. The van der Waals surface area contributed by atoms with Crippen molar-refractivity contribution < 1.29 is 28.7 Å². The third-order valence-electron chi connectivity index (χ3n) is 4.08. The average molecular weight is 363 g/mol. The molecule has 1 heterocycles. The molecule has 1 aliphatic heterocycles. The average Bonchev–Trinajstić information content (AvgIpc) is 2.66. The number of amides is 2. The fourth-order valence-electron chi connectivity index (χ4n) is 2.51. The van der Waals surface area contributed by atoms with Crippen molar-refractivity contribution in [3.05, 3.63) is 29.3 Å². The summed E-state index contributed by atoms with van der Waals surface area (Å²) in [4.78, 5) is 51.7. The first-order valence-electron chi connectivity index (χ1n) is 7.97. The van der Waals surface area contributed by atoms with Gasteiger partial charge in [-0.05, 0) is 25.2 Å². The Bertz CT molecular complexity index is 725. The fraction of sp³-hybridized carbons (Fsp3) is 0.412. The number of nitrogens with one attached hydrogen (secondary N) is 1. The zero-order chi connectivity index (χ0) is 19.3. The molecule has 1 fully saturated rings. The molecule has 140 valence electrons. The number of benzene rings is 1. The summed E-state index contributed by atoms with van der Waals surface area (Å²) in [6, 6.07) is 3.97. The number of rotatable bonds is 3. The quantitative estimate of drug-likeness (QED) is 0.594. The lowest BCUT2D eigenvalue weighted by Crippen LogP contribution is -2.50. The Morgan fingerprint density at radius 3 is 2.15 bits per heavy atom. The Hall–Kier alpha value is -2.94. The van der Waals surface area contributed by atoms with E-state index in [2.05, 4.69) is 19.7 Å². The fourth-order valence-corrected chi connectivity index (χ4v) is 2.51. The highest BCUT2D eigenvalue weighted by atomic mass is 16.5. The Kier molecular flexibility index (Phi) is 6.29. The lowest BCUT2D eigenvalue weighted by Gasteiger charge is -2.31. The van der Waals surface area contributed by atoms with Gasteiger partial charge in [-0.3, -0.25) is 9.59 Å². The molecule has 0 bridgehead atoms. The van der Waals surface area contributed by atoms with Crippen LogP contribution in [0.4, 0.5) is 5.69 Å². The van der Waals surface area contributed by atoms with Gasteiger partial charge in [-0.25, -0.2) is 9.59 Å². The van der Waals surface area contributed by atoms with Crippen molar-refractivity contribution in [1.82, 2.24) is 9.80 Å². The van der Waals surface area contributed by atoms with Crippen molar-refractivity contribution >= 4 is 29.4 Å². The molecule has 1 saturated heterocycles. The SMILES string of the molecule is COC(=O)c1ccc(C(=O)OC)c(NC(=O)C(=O)N2CCN(C)CC2)c1. The minimum absolute atomic E-state index is 0.00669. The molecule has 0 unspecified atom stereocenters. The van der Waals surface area contributed by atoms with Crippen LogP contribution in [0.2, 0.25) is 0 Å². The number of ether oxygens (including phenoxy) is 2. The van der Waals surface area contributed by atoms with E-state index in [0.29, 0.717) is 26.2 Å². The lowest BCUT2D eigenvalue weighted by molar-refractivity contribution is -0.144. The molecule has 0 saturated carbocycles. The summed E-state index contributed by atoms with van der Waals surface area (Å²) < 4.78 is 9.29. The molecular formula is C17H21N3O6. The van der Waals surface area contributed by atoms with E-state index in [9.17, 15) is 19.2 Å². The third-order valence-corrected chi connectivity index (χ3v) is 4.08. The zero-order valence-corrected chi connectivity index (χ0v) is 14.9. The van der Waals surface area contributed by atoms with Gasteiger partial charge in [0.2, 0.25) is 0 Å². The first-order valence-corrected chi connectivity index (χ1v) is 7.97. The topological polar surface area (TPSA) is 105 Å². The highest BCUT2D eigenvalue weighted by Crippen LogP contribution is 2.20. The number of hydrogen-bond donors (Lipinski definition) is 1. The molecule has 1 aromatic carbocycles. The van der Waals surface area contributed by atoms with Crippen molar-refractivity contribution in [2.24, 2.45) is 0 Å². The summed E-state index contributed by atoms with van der Waals surface area (Å²) in [7, 11) is 4.34. The van der Waals surface area contributed by atoms with E-state index < -0.39 is 23.8 Å². The zero-order valence-electron chi connectivity index (χ0n) is 14.9. The standard InChI is InChI=1S/C17H21N3O6/c1-19-6-8-20(9-7-19)15(22)14(21)18-13-10-11(16(23)25-2)4-5-12(13)17(24)26-3/h4-5,10H,6-9H2,1-3H3,(H,18,21). The second-order valence-electron chi connectivity index (χ2n) is 5.79. The molecule has 1 N–H and O–H groups in total. The van der Waals surface area contributed by atoms with Crippen LogP contribution in [-0.2, 0) is 19.1 Å². The molecule has 26 heavy (non-hydrogen) atoms. The molecule has 1 aliphatic rings. The van der Waals surface area contributed by atoms with Crippen LogP contribution in [-0.4, -0.2) is 81.0 Å². The Morgan fingerprint density at radius 1 is 0.962 bits per heavy atom. The van der Waals surface area contributed by atoms with E-state index >= 15 is 0 Å². The lowest BCUT2D eigenvalue weighted by atomic mass is 10.1. The molecule has 0 spiro atoms. The summed E-state index contributed by atoms with van der Waals surface area (Å²) in [5, 5.41) is 2.40. The summed E-state index contributed by atoms with van der Waals surface area (Å²) in [5.74, 6) is -2.93. The van der Waals surface area contributed by atoms with Crippen LogP contribution in [0, 0.1) is 0 Å². The minimum atomic E-state index is -0.887. The second-order valence-corrected chi connectivity index (χ2v) is 5.79. The molecule has 0 aromatic heterocycles. The van der Waals surface area contributed by atoms with Crippen LogP contribution >= 0.6 is 0 Å². The van der Waals surface area contributed by atoms with E-state index in [1.54, 1.807) is 0 Å². The Labute approximate surface area is 150 Å². The number of anilines is 1. The highest BCUT2D eigenvalue weighted by molar-refractivity contribution is 6.40. The van der Waals surface area contributed by atoms with Crippen LogP contribution < -0.4 is 5.32 Å². The van der Waals surface area contributed by atoms with Gasteiger partial charge in [0, 0.05) is 26.2 Å². The van der Waals surface area contributed by atoms with Gasteiger partial charge in [-0.2, -0.15) is 0 Å². The van der Waals surface area contributed by atoms with Gasteiger partial charge < -0.3 is 24.6 Å². The Balaban J connectivity index is 2.22. The van der Waals surface area contributed by atoms with E-state index in [1.165, 1.54) is 37.3 Å². The van der Waals surface area contributed by atoms with Crippen LogP contribution in [0.25, 0.3) is 0 Å². The molecule has 0 atom stereocenters. The first-order chi connectivity index (χ1) is 12.4. The van der Waals surface area contributed by atoms with Crippen molar-refractivity contribution in [1.29, 1.82) is 0 Å². The number of hydrogen-bond acceptors (Lipinski definition) is 7. The smallest absolute Gasteiger partial charge is 0.339 e. The molecule has 2 amide bonds. The van der Waals surface area contributed by atoms with Gasteiger partial charge >= 0.3 is 23.8 Å². The van der Waals surface area contributed by atoms with Gasteiger partial charge in [-0.15, -0.1) is 0 Å². The Morgan fingerprint density at radius 2 is 1.58 bits per heavy atom. The number of carbonyl (C=O) groups excluding carboxylic acids is 4. The van der Waals surface area contributed by atoms with E-state index in [-0.39, 0.29) is 16.8 Å². The molecule has 0 aliphatic carbocycles. The molecular weight excluding hydrogens is 342 g/mol. The minimum Gasteiger partial charge on any atom is -0.465 e. The predicted molar refractivity (Wildman–Crippen MR) is 91.8 cm³/mol. The van der Waals surface area contributed by atoms with Crippen LogP contribution in [0.5, 0.6) is 0 Å². The number of piperazine rings is 1. The van der Waals surface area contributed by atoms with Crippen molar-refractivity contribution in [3.8, 4) is 0 Å². The number of esters is 2. The largest absolute Gasteiger partial charge is 0.465 e. The first kappa shape index (κ1) is 19.4. The van der Waals surface area contributed by atoms with E-state index in [0.717, 1.165) is 0 Å². The summed E-state index contributed by atoms with van der Waals surface area (Å²) in [6.07, 6.45) is 0. The summed E-state index contributed by atoms with van der Waals surface area (Å²) in [6.45, 7) is 2.22. The number of nitrogens with zero attached hydrogens (tertiary/aromatic N) is 2. The van der Waals surface area contributed by atoms with Crippen LogP contribution in [0.15, 0.2) is 18.2 Å². The predicted octanol–water partition coefficient (Wildman–Crippen LogP) is -0.0277. The van der Waals surface area contributed by atoms with Gasteiger partial charge in [-0.1, -0.05) is 0 Å². The van der Waals surface area contributed by atoms with Crippen LogP contribution in [0.1, 0.15) is 20.7 Å². The molecule has 9 nitrogen and oxygen atoms in total. The molecule has 9 heteroatoms. The number of carbonyl (C=O) groups is 4. The van der Waals surface area contributed by atoms with Gasteiger partial charge in [0.15, 0.2) is 0 Å². The van der Waals surface area contributed by atoms with Crippen molar-refractivity contribution in [2.45, 2.75) is 0 Å². The van der Waals surface area contributed by atoms with Gasteiger partial charge in [0.1, 0.15) is 0 Å². The third kappa shape index (κ3) is 4.37. The van der Waals surface area contributed by atoms with Gasteiger partial charge in [0.25, 0.3) is 0 Å². The molecule has 0 radical (unpaired) electrons. The molecule has 1 aromatic rings. The summed E-state index contributed by atoms with van der Waals surface area (Å²) in [5.41, 5.74) is 0.161. The van der Waals surface area contributed by atoms with E-state index in [4.69, 9.17) is 0 Å². The highest BCUT2D eigenvalue weighted by Gasteiger charge is 2.26. The maximum absolute atomic E-state index is 12.3. The monoisotopic (exact) mass is 363 g/mol. The van der Waals surface area contributed by atoms with Crippen molar-refractivity contribution in [3.63, 3.8) is 0 Å². The number of likely N-dealkylation sites (N-methyl/N-ethyl adjacent to an activating group) is 1. The normalized spacial score (nSPS) is 14.5. The molecule has 2 rings (SSSR count).